The normalized spacial score (nSPS) is 9.22. The molecule has 0 heterocycles. The molecule has 0 atom stereocenters. The zero-order valence-electron chi connectivity index (χ0n) is 85.8. The molecule has 0 amide bonds. The fourth-order valence-corrected chi connectivity index (χ4v) is 16.0. The molecule has 0 spiro atoms. The smallest absolute Gasteiger partial charge is 0.222 e. The Morgan fingerprint density at radius 3 is 0.456 bits per heavy atom. The lowest BCUT2D eigenvalue weighted by molar-refractivity contribution is 0.447. The van der Waals surface area contributed by atoms with E-state index in [-0.39, 0.29) is 79.7 Å². The van der Waals surface area contributed by atoms with E-state index in [2.05, 4.69) is 331 Å². The van der Waals surface area contributed by atoms with Gasteiger partial charge in [0.1, 0.15) is 0 Å². The number of nitrogens with zero attached hydrogens (tertiary/aromatic N) is 9. The fourth-order valence-electron chi connectivity index (χ4n) is 9.02. The SMILES string of the molecule is C.C.C.C.C.C.C.C.C.C=C=C=C=C=C(N=C(C)C)[SiH2]OC.C=C=C=C=C=C(N=C(C)C)[SiH2]OC.C=C=C=C=C=C(N=C(C)C)[SiH2]OC.C=C=C=C=C=C(N=C(C)CCC)[SiH2]OC.C=C=C=C=C=C(N=C(C)CCC)[SiH2]OC.C=C=C=C=C=C(N=C(C)CCC)[SiH2]OC.C=C=C=C=C=C(N=C(C)c1ccccc1)[SiH2]OC.C=C=C=C=C=C(N=C(C)c1ccccc1)[SiH2]OC.C=C=C=C=C=C(N=C(C)c1ccccc1)[SiH2]OC.[HH].[HH].[HH].[HH].[HH].[HH].[HH].[HH].[HH]. The highest BCUT2D eigenvalue weighted by atomic mass is 28.2. The van der Waals surface area contributed by atoms with E-state index in [0.29, 0.717) is 0 Å². The molecule has 0 radical (unpaired) electrons. The largest absolute Gasteiger partial charge is 0.419 e. The van der Waals surface area contributed by atoms with Gasteiger partial charge >= 0.3 is 0 Å². The molecule has 3 aromatic rings. The highest BCUT2D eigenvalue weighted by Crippen LogP contribution is 2.09. The molecule has 18 nitrogen and oxygen atoms in total. The second kappa shape index (κ2) is 128. The zero-order valence-corrected chi connectivity index (χ0v) is 98.6. The summed E-state index contributed by atoms with van der Waals surface area (Å²) in [6, 6.07) is 30.0. The van der Waals surface area contributed by atoms with Gasteiger partial charge in [0.2, 0.25) is 87.9 Å². The number of hydrogen-bond acceptors (Lipinski definition) is 18. The van der Waals surface area contributed by atoms with Crippen LogP contribution in [0.4, 0.5) is 0 Å². The van der Waals surface area contributed by atoms with Crippen molar-refractivity contribution in [3.05, 3.63) is 421 Å². The van der Waals surface area contributed by atoms with Crippen molar-refractivity contribution in [1.29, 1.82) is 0 Å². The van der Waals surface area contributed by atoms with Crippen LogP contribution in [-0.2, 0) is 39.8 Å². The highest BCUT2D eigenvalue weighted by molar-refractivity contribution is 6.41. The molecule has 0 aliphatic rings. The molecule has 0 aliphatic carbocycles. The van der Waals surface area contributed by atoms with Crippen LogP contribution in [0.3, 0.4) is 0 Å². The third-order valence-corrected chi connectivity index (χ3v) is 22.2. The van der Waals surface area contributed by atoms with Gasteiger partial charge in [-0.3, -0.25) is 44.9 Å². The second-order valence-corrected chi connectivity index (χ2v) is 40.9. The maximum Gasteiger partial charge on any atom is 0.222 e. The molecular weight excluding hydrogens is 1960 g/mol. The van der Waals surface area contributed by atoms with Crippen molar-refractivity contribution in [2.24, 2.45) is 44.9 Å². The van der Waals surface area contributed by atoms with Crippen molar-refractivity contribution in [1.82, 2.24) is 0 Å². The van der Waals surface area contributed by atoms with Gasteiger partial charge in [0.15, 0.2) is 0 Å². The van der Waals surface area contributed by atoms with Crippen LogP contribution < -0.4 is 0 Å². The van der Waals surface area contributed by atoms with E-state index in [1.165, 1.54) is 0 Å². The molecule has 0 N–H and O–H groups in total. The molecule has 0 aromatic heterocycles. The minimum atomic E-state index is -0.873. The number of aliphatic imine (C=N–C) groups is 9. The summed E-state index contributed by atoms with van der Waals surface area (Å²) < 4.78 is 46.2. The van der Waals surface area contributed by atoms with E-state index < -0.39 is 87.9 Å². The maximum atomic E-state index is 5.20. The Balaban J connectivity index is -0.0000000565. The quantitative estimate of drug-likeness (QED) is 0.0309. The number of rotatable bonds is 36. The Bertz CT molecular complexity index is 5740. The monoisotopic (exact) mass is 2150 g/mol. The van der Waals surface area contributed by atoms with Gasteiger partial charge in [0, 0.05) is 128 Å². The summed E-state index contributed by atoms with van der Waals surface area (Å²) in [4.78, 5) is 39.6. The van der Waals surface area contributed by atoms with Gasteiger partial charge < -0.3 is 39.8 Å². The minimum absolute atomic E-state index is 0. The lowest BCUT2D eigenvalue weighted by Crippen LogP contribution is -2.01. The first kappa shape index (κ1) is 166. The van der Waals surface area contributed by atoms with E-state index in [9.17, 15) is 0 Å². The van der Waals surface area contributed by atoms with Crippen LogP contribution in [0.1, 0.15) is 239 Å². The first-order chi connectivity index (χ1) is 66.6. The molecule has 0 fully saturated rings. The summed E-state index contributed by atoms with van der Waals surface area (Å²) in [7, 11) is 7.81. The van der Waals surface area contributed by atoms with Crippen LogP contribution in [0, 0.1) is 0 Å². The maximum absolute atomic E-state index is 5.20. The van der Waals surface area contributed by atoms with Gasteiger partial charge in [-0.1, -0.05) is 249 Å². The summed E-state index contributed by atoms with van der Waals surface area (Å²) in [5.74, 6) is 0. The minimum Gasteiger partial charge on any atom is -0.419 e. The van der Waals surface area contributed by atoms with Gasteiger partial charge in [0.05, 0.1) is 47.9 Å². The molecule has 804 valence electrons. The van der Waals surface area contributed by atoms with Crippen molar-refractivity contribution in [2.75, 3.05) is 64.0 Å². The molecule has 27 heteroatoms. The standard InChI is InChI=1S/3C15H15NOSi.3C12H17NOSi.3C10H13NOSi.9CH4.9H2/c3*1-4-5-7-12-15(18-17-3)16-13(2)14-10-8-6-9-11-14;3*1-5-7-8-10-12(15-14-4)13-11(3)9-6-2;3*1-5-6-7-8-10(13-12-4)11-9(2)3;;;;;;;;;;;;;;;;;;/h3*6,8-11H,1,18H2,2-3H3;3*1,6,9,15H2,2-4H3;3*1,13H2,2-4H3;9*1H4;9*1H. The summed E-state index contributed by atoms with van der Waals surface area (Å²) in [5.41, 5.74) is 108. The predicted octanol–water partition coefficient (Wildman–Crippen LogP) is 25.0. The summed E-state index contributed by atoms with van der Waals surface area (Å²) in [5, 5.41) is 7.41. The van der Waals surface area contributed by atoms with Gasteiger partial charge in [-0.05, 0) is 333 Å². The fraction of sp³-hybridized carbons (Fsp3) is 0.325. The molecule has 0 saturated carbocycles. The van der Waals surface area contributed by atoms with Gasteiger partial charge in [0.25, 0.3) is 0 Å². The van der Waals surface area contributed by atoms with Crippen molar-refractivity contribution in [3.8, 4) is 0 Å². The van der Waals surface area contributed by atoms with E-state index in [1.54, 1.807) is 64.0 Å². The molecule has 147 heavy (non-hydrogen) atoms. The molecule has 3 rings (SSSR count). The Labute approximate surface area is 925 Å². The molecule has 0 saturated heterocycles. The highest BCUT2D eigenvalue weighted by Gasteiger charge is 2.05. The van der Waals surface area contributed by atoms with E-state index in [4.69, 9.17) is 39.8 Å². The van der Waals surface area contributed by atoms with E-state index >= 15 is 0 Å². The van der Waals surface area contributed by atoms with Crippen molar-refractivity contribution >= 4 is 139 Å². The van der Waals surface area contributed by atoms with Crippen molar-refractivity contribution in [2.45, 2.75) is 209 Å². The Morgan fingerprint density at radius 2 is 0.340 bits per heavy atom. The van der Waals surface area contributed by atoms with Crippen LogP contribution >= 0.6 is 0 Å². The molecule has 0 bridgehead atoms. The van der Waals surface area contributed by atoms with Crippen molar-refractivity contribution in [3.63, 3.8) is 0 Å². The Hall–Kier alpha value is -14.0. The summed E-state index contributed by atoms with van der Waals surface area (Å²) >= 11 is 0. The van der Waals surface area contributed by atoms with Crippen LogP contribution in [0.25, 0.3) is 0 Å². The molecular formula is C120H189N9O9Si9. The first-order valence-corrected chi connectivity index (χ1v) is 54.4. The van der Waals surface area contributed by atoms with Crippen LogP contribution in [0.2, 0.25) is 0 Å². The lowest BCUT2D eigenvalue weighted by Gasteiger charge is -2.01. The lowest BCUT2D eigenvalue weighted by atomic mass is 10.1. The average Bonchev–Trinajstić information content (AvgIpc) is 0.905. The predicted molar refractivity (Wildman–Crippen MR) is 685 cm³/mol. The van der Waals surface area contributed by atoms with Crippen molar-refractivity contribution < 1.29 is 52.7 Å². The summed E-state index contributed by atoms with van der Waals surface area (Å²) in [6.07, 6.45) is 6.31. The van der Waals surface area contributed by atoms with Crippen LogP contribution in [0.5, 0.6) is 0 Å². The third-order valence-electron chi connectivity index (χ3n) is 14.1. The van der Waals surface area contributed by atoms with Crippen LogP contribution in [0.15, 0.2) is 449 Å². The molecule has 3 aromatic carbocycles. The Kier molecular flexibility index (Phi) is 145. The summed E-state index contributed by atoms with van der Waals surface area (Å²) in [6.45, 7) is 60.4. The second-order valence-electron chi connectivity index (χ2n) is 27.0. The van der Waals surface area contributed by atoms with Gasteiger partial charge in [-0.25, -0.2) is 0 Å². The molecule has 0 aliphatic heterocycles. The average molecular weight is 2150 g/mol. The van der Waals surface area contributed by atoms with Gasteiger partial charge in [-0.2, -0.15) is 0 Å². The number of hydrogen-bond donors (Lipinski definition) is 0. The first-order valence-electron chi connectivity index (χ1n) is 42.8. The third kappa shape index (κ3) is 115. The number of benzene rings is 3. The van der Waals surface area contributed by atoms with Crippen LogP contribution in [-0.4, -0.2) is 203 Å². The van der Waals surface area contributed by atoms with E-state index in [0.717, 1.165) is 155 Å². The zero-order chi connectivity index (χ0) is 105. The topological polar surface area (TPSA) is 194 Å². The Morgan fingerprint density at radius 1 is 0.211 bits per heavy atom. The van der Waals surface area contributed by atoms with E-state index in [1.807, 2.05) is 174 Å². The molecule has 0 unspecified atom stereocenters. The van der Waals surface area contributed by atoms with Gasteiger partial charge in [-0.15, -0.1) is 0 Å².